The van der Waals surface area contributed by atoms with Crippen LogP contribution in [0.3, 0.4) is 0 Å². The summed E-state index contributed by atoms with van der Waals surface area (Å²) in [5.41, 5.74) is 5.13. The van der Waals surface area contributed by atoms with E-state index in [4.69, 9.17) is 5.73 Å². The standard InChI is InChI=1S/C15H15N9O5S3/c16-14-17-5(3-30-14)8(21-29)11(25)18-9-6-1-2-7(10(13(27)28)24(6)12(9)26)31-4-32-15-19-22-23-20-15/h3,6,9,29H,1-2,4H2,(H2,16,17)(H,18,25)(H,27,28)(H,19,20,22,23)/b21-8-/t6-,9-/m0/s1. The Bertz CT molecular complexity index is 1120. The zero-order valence-corrected chi connectivity index (χ0v) is 18.4. The van der Waals surface area contributed by atoms with Crippen molar-refractivity contribution in [3.63, 3.8) is 0 Å². The monoisotopic (exact) mass is 497 g/mol. The molecule has 2 amide bonds. The van der Waals surface area contributed by atoms with Crippen molar-refractivity contribution >= 4 is 63.5 Å². The molecule has 2 aromatic heterocycles. The second-order valence-corrected chi connectivity index (χ2v) is 9.73. The molecular formula is C15H15N9O5S3. The molecule has 1 fully saturated rings. The van der Waals surface area contributed by atoms with Crippen LogP contribution in [0, 0.1) is 0 Å². The minimum absolute atomic E-state index is 0.0729. The number of hydrogen-bond donors (Lipinski definition) is 5. The number of amides is 2. The quantitative estimate of drug-likeness (QED) is 0.0793. The normalized spacial score (nSPS) is 20.7. The molecule has 17 heteroatoms. The Kier molecular flexibility index (Phi) is 6.28. The third kappa shape index (κ3) is 4.13. The van der Waals surface area contributed by atoms with Gasteiger partial charge in [0.05, 0.1) is 11.1 Å². The van der Waals surface area contributed by atoms with Crippen molar-refractivity contribution in [1.29, 1.82) is 0 Å². The summed E-state index contributed by atoms with van der Waals surface area (Å²) in [5.74, 6) is -2.59. The second kappa shape index (κ2) is 9.13. The number of H-pyrrole nitrogens is 1. The summed E-state index contributed by atoms with van der Waals surface area (Å²) >= 11 is 3.63. The molecule has 0 saturated carbocycles. The Morgan fingerprint density at radius 2 is 2.25 bits per heavy atom. The van der Waals surface area contributed by atoms with Gasteiger partial charge in [0, 0.05) is 10.3 Å². The number of allylic oxidation sites excluding steroid dienone is 1. The Labute approximate surface area is 191 Å². The lowest BCUT2D eigenvalue weighted by molar-refractivity contribution is -0.155. The van der Waals surface area contributed by atoms with E-state index >= 15 is 0 Å². The average molecular weight is 498 g/mol. The summed E-state index contributed by atoms with van der Waals surface area (Å²) in [7, 11) is 0. The number of rotatable bonds is 8. The van der Waals surface area contributed by atoms with Crippen LogP contribution in [0.4, 0.5) is 5.13 Å². The first-order valence-corrected chi connectivity index (χ1v) is 11.8. The summed E-state index contributed by atoms with van der Waals surface area (Å²) < 4.78 is 0. The fraction of sp³-hybridized carbons (Fsp3) is 0.333. The second-order valence-electron chi connectivity index (χ2n) is 6.46. The number of fused-ring (bicyclic) bond motifs is 1. The molecule has 0 aliphatic carbocycles. The summed E-state index contributed by atoms with van der Waals surface area (Å²) in [4.78, 5) is 42.8. The topological polar surface area (TPSA) is 213 Å². The van der Waals surface area contributed by atoms with Crippen molar-refractivity contribution in [2.45, 2.75) is 30.1 Å². The molecule has 0 bridgehead atoms. The molecule has 14 nitrogen and oxygen atoms in total. The number of oxime groups is 1. The van der Waals surface area contributed by atoms with Crippen LogP contribution in [-0.4, -0.2) is 81.5 Å². The molecule has 4 rings (SSSR count). The van der Waals surface area contributed by atoms with Gasteiger partial charge < -0.3 is 21.4 Å². The number of nitrogens with zero attached hydrogens (tertiary/aromatic N) is 6. The highest BCUT2D eigenvalue weighted by Gasteiger charge is 2.53. The molecule has 4 heterocycles. The fourth-order valence-electron chi connectivity index (χ4n) is 3.36. The molecule has 168 valence electrons. The van der Waals surface area contributed by atoms with Crippen LogP contribution in [0.5, 0.6) is 0 Å². The molecule has 2 aliphatic heterocycles. The maximum atomic E-state index is 12.7. The van der Waals surface area contributed by atoms with Crippen LogP contribution >= 0.6 is 34.9 Å². The maximum absolute atomic E-state index is 12.7. The number of aliphatic carboxylic acids is 1. The number of aromatic amines is 1. The number of hydrogen-bond acceptors (Lipinski definition) is 13. The third-order valence-corrected chi connectivity index (χ3v) is 7.50. The van der Waals surface area contributed by atoms with Crippen LogP contribution in [0.2, 0.25) is 0 Å². The van der Waals surface area contributed by atoms with Gasteiger partial charge in [-0.15, -0.1) is 33.3 Å². The first-order valence-electron chi connectivity index (χ1n) is 8.93. The highest BCUT2D eigenvalue weighted by Crippen LogP contribution is 2.41. The van der Waals surface area contributed by atoms with Crippen LogP contribution < -0.4 is 11.1 Å². The van der Waals surface area contributed by atoms with Crippen molar-refractivity contribution in [3.05, 3.63) is 21.7 Å². The number of carboxylic acid groups (broad SMARTS) is 1. The Morgan fingerprint density at radius 1 is 1.44 bits per heavy atom. The van der Waals surface area contributed by atoms with Crippen LogP contribution in [0.15, 0.2) is 26.3 Å². The van der Waals surface area contributed by atoms with E-state index in [-0.39, 0.29) is 22.2 Å². The van der Waals surface area contributed by atoms with E-state index in [2.05, 4.69) is 36.1 Å². The van der Waals surface area contributed by atoms with Crippen molar-refractivity contribution < 1.29 is 24.7 Å². The number of thioether (sulfide) groups is 2. The van der Waals surface area contributed by atoms with Gasteiger partial charge in [-0.2, -0.15) is 5.21 Å². The number of nitrogens with one attached hydrogen (secondary N) is 2. The number of thiazole rings is 1. The predicted octanol–water partition coefficient (Wildman–Crippen LogP) is -0.315. The third-order valence-electron chi connectivity index (χ3n) is 4.71. The lowest BCUT2D eigenvalue weighted by Crippen LogP contribution is -2.72. The summed E-state index contributed by atoms with van der Waals surface area (Å²) in [6.07, 6.45) is 0.876. The molecule has 2 atom stereocenters. The lowest BCUT2D eigenvalue weighted by atomic mass is 9.86. The number of carbonyl (C=O) groups is 3. The molecule has 2 aromatic rings. The fourth-order valence-corrected chi connectivity index (χ4v) is 5.92. The number of carboxylic acids is 1. The van der Waals surface area contributed by atoms with Gasteiger partial charge in [0.15, 0.2) is 10.8 Å². The van der Waals surface area contributed by atoms with E-state index in [1.54, 1.807) is 0 Å². The van der Waals surface area contributed by atoms with Gasteiger partial charge in [0.2, 0.25) is 5.16 Å². The highest BCUT2D eigenvalue weighted by molar-refractivity contribution is 8.17. The van der Waals surface area contributed by atoms with Gasteiger partial charge in [-0.05, 0) is 18.1 Å². The molecule has 32 heavy (non-hydrogen) atoms. The van der Waals surface area contributed by atoms with Gasteiger partial charge in [0.1, 0.15) is 17.4 Å². The zero-order chi connectivity index (χ0) is 22.8. The number of β-lactam (4-membered cyclic amide) rings is 1. The first-order chi connectivity index (χ1) is 15.4. The number of carbonyl (C=O) groups excluding carboxylic acids is 2. The molecule has 0 aromatic carbocycles. The number of tetrazole rings is 1. The zero-order valence-electron chi connectivity index (χ0n) is 16.0. The Morgan fingerprint density at radius 3 is 2.88 bits per heavy atom. The van der Waals surface area contributed by atoms with E-state index < -0.39 is 29.9 Å². The van der Waals surface area contributed by atoms with Gasteiger partial charge in [0.25, 0.3) is 11.8 Å². The van der Waals surface area contributed by atoms with Gasteiger partial charge >= 0.3 is 5.97 Å². The van der Waals surface area contributed by atoms with E-state index in [1.807, 2.05) is 0 Å². The number of nitrogens with two attached hydrogens (primary N) is 1. The SMILES string of the molecule is Nc1nc(/C(=N/O)C(=O)N[C@@H]2C(=O)N3C(C(=O)O)=C(SCSc4nn[nH]n4)CC[C@@H]23)cs1. The summed E-state index contributed by atoms with van der Waals surface area (Å²) in [6, 6.07) is -1.46. The van der Waals surface area contributed by atoms with E-state index in [0.29, 0.717) is 28.0 Å². The largest absolute Gasteiger partial charge is 0.477 e. The minimum Gasteiger partial charge on any atom is -0.477 e. The Balaban J connectivity index is 1.44. The van der Waals surface area contributed by atoms with Crippen molar-refractivity contribution in [3.8, 4) is 0 Å². The van der Waals surface area contributed by atoms with Crippen LogP contribution in [-0.2, 0) is 14.4 Å². The molecule has 0 spiro atoms. The van der Waals surface area contributed by atoms with Crippen molar-refractivity contribution in [2.75, 3.05) is 10.8 Å². The minimum atomic E-state index is -1.23. The highest BCUT2D eigenvalue weighted by atomic mass is 32.2. The van der Waals surface area contributed by atoms with E-state index in [0.717, 1.165) is 11.3 Å². The van der Waals surface area contributed by atoms with E-state index in [1.165, 1.54) is 33.8 Å². The summed E-state index contributed by atoms with van der Waals surface area (Å²) in [6.45, 7) is 0. The van der Waals surface area contributed by atoms with Crippen LogP contribution in [0.25, 0.3) is 0 Å². The molecule has 0 unspecified atom stereocenters. The molecule has 0 radical (unpaired) electrons. The number of nitrogen functional groups attached to an aromatic ring is 1. The molecular weight excluding hydrogens is 482 g/mol. The van der Waals surface area contributed by atoms with Crippen molar-refractivity contribution in [2.24, 2.45) is 5.16 Å². The van der Waals surface area contributed by atoms with Crippen molar-refractivity contribution in [1.82, 2.24) is 35.8 Å². The van der Waals surface area contributed by atoms with Crippen LogP contribution in [0.1, 0.15) is 18.5 Å². The summed E-state index contributed by atoms with van der Waals surface area (Å²) in [5, 5.41) is 40.3. The van der Waals surface area contributed by atoms with Gasteiger partial charge in [-0.3, -0.25) is 14.5 Å². The predicted molar refractivity (Wildman–Crippen MR) is 114 cm³/mol. The lowest BCUT2D eigenvalue weighted by Gasteiger charge is -2.50. The molecule has 6 N–H and O–H groups in total. The number of anilines is 1. The average Bonchev–Trinajstić information content (AvgIpc) is 3.44. The maximum Gasteiger partial charge on any atom is 0.353 e. The van der Waals surface area contributed by atoms with E-state index in [9.17, 15) is 24.7 Å². The van der Waals surface area contributed by atoms with Gasteiger partial charge in [-0.25, -0.2) is 9.78 Å². The first kappa shape index (κ1) is 22.0. The Hall–Kier alpha value is -3.18. The molecule has 1 saturated heterocycles. The molecule has 2 aliphatic rings. The van der Waals surface area contributed by atoms with Gasteiger partial charge in [-0.1, -0.05) is 16.9 Å². The number of aromatic nitrogens is 5. The smallest absolute Gasteiger partial charge is 0.353 e.